The van der Waals surface area contributed by atoms with Gasteiger partial charge in [0.25, 0.3) is 12.4 Å². The Bertz CT molecular complexity index is 748. The van der Waals surface area contributed by atoms with E-state index >= 15 is 0 Å². The first-order chi connectivity index (χ1) is 14.7. The Morgan fingerprint density at radius 2 is 0.771 bits per heavy atom. The van der Waals surface area contributed by atoms with Crippen molar-refractivity contribution in [2.45, 2.75) is 52.4 Å². The molecule has 0 saturated carbocycles. The first-order valence-electron chi connectivity index (χ1n) is 8.36. The van der Waals surface area contributed by atoms with E-state index in [1.165, 1.54) is 0 Å². The molecule has 35 heavy (non-hydrogen) atoms. The molecule has 0 rings (SSSR count). The number of carbonyl (C=O) groups excluding carboxylic acids is 4. The number of hydrogen-bond acceptors (Lipinski definition) is 2. The molecule has 0 bridgehead atoms. The molecule has 0 aliphatic rings. The molecule has 0 heterocycles. The standard InChI is InChI=1S/2C9H7F6O2.Pd/c2*1-4(16)7(5(2)17)6(9(13,14)15)3-8(10,11)12;/h2*7H,1-2H3;/q2*-1;+2/p+2. The predicted molar refractivity (Wildman–Crippen MR) is 91.3 cm³/mol. The zero-order chi connectivity index (χ0) is 28.0. The van der Waals surface area contributed by atoms with Gasteiger partial charge in [-0.3, -0.25) is 19.2 Å². The zero-order valence-corrected chi connectivity index (χ0v) is 19.3. The van der Waals surface area contributed by atoms with Gasteiger partial charge in [0.2, 0.25) is 0 Å². The Hall–Kier alpha value is -2.02. The van der Waals surface area contributed by atoms with Crippen molar-refractivity contribution in [2.24, 2.45) is 11.8 Å². The van der Waals surface area contributed by atoms with Crippen molar-refractivity contribution in [1.29, 1.82) is 0 Å². The Labute approximate surface area is 203 Å². The van der Waals surface area contributed by atoms with Crippen LogP contribution in [0.1, 0.15) is 27.7 Å². The molecule has 0 amide bonds. The molecule has 0 aromatic carbocycles. The summed E-state index contributed by atoms with van der Waals surface area (Å²) < 4.78 is 145. The summed E-state index contributed by atoms with van der Waals surface area (Å²) in [6.45, 7) is 2.73. The Kier molecular flexibility index (Phi) is 14.3. The molecule has 2 atom stereocenters. The fourth-order valence-corrected chi connectivity index (χ4v) is 2.33. The van der Waals surface area contributed by atoms with Crippen LogP contribution in [0.25, 0.3) is 0 Å². The minimum atomic E-state index is -5.41. The van der Waals surface area contributed by atoms with Crippen LogP contribution in [-0.2, 0) is 30.0 Å². The molecule has 2 unspecified atom stereocenters. The van der Waals surface area contributed by atoms with Crippen molar-refractivity contribution in [3.8, 4) is 0 Å². The van der Waals surface area contributed by atoms with E-state index in [1.54, 1.807) is 0 Å². The van der Waals surface area contributed by atoms with Crippen molar-refractivity contribution in [3.05, 3.63) is 23.3 Å². The molecule has 0 aromatic rings. The maximum absolute atomic E-state index is 12.3. The molecular weight excluding hydrogens is 615 g/mol. The predicted octanol–water partition coefficient (Wildman–Crippen LogP) is 5.22. The summed E-state index contributed by atoms with van der Waals surface area (Å²) in [5.41, 5.74) is -4.50. The molecule has 204 valence electrons. The second kappa shape index (κ2) is 13.3. The Morgan fingerprint density at radius 1 is 0.571 bits per heavy atom. The molecule has 2 N–H and O–H groups in total. The van der Waals surface area contributed by atoms with Crippen LogP contribution in [0.5, 0.6) is 0 Å². The summed E-state index contributed by atoms with van der Waals surface area (Å²) in [5.74, 6) is -9.40. The first-order valence-corrected chi connectivity index (χ1v) is 8.36. The fraction of sp³-hybridized carbons (Fsp3) is 0.556. The van der Waals surface area contributed by atoms with E-state index in [4.69, 9.17) is 9.59 Å². The second-order valence-electron chi connectivity index (χ2n) is 6.44. The SMILES string of the molecule is CC(=O)C(C(C)=[OH+])C(=[C-]C(F)(F)F)C(F)(F)F.CC(=O)C(C(C)=[OH+])C(=[C-]C(F)(F)F)C(F)(F)F.[Pd+2]. The molecule has 0 spiro atoms. The molecule has 0 fully saturated rings. The number of allylic oxidation sites excluding steroid dienone is 4. The van der Waals surface area contributed by atoms with Gasteiger partial charge in [-0.05, 0) is 13.8 Å². The van der Waals surface area contributed by atoms with Crippen molar-refractivity contribution < 1.29 is 92.3 Å². The van der Waals surface area contributed by atoms with Gasteiger partial charge >= 0.3 is 44.3 Å². The monoisotopic (exact) mass is 630 g/mol. The van der Waals surface area contributed by atoms with Crippen LogP contribution < -0.4 is 0 Å². The number of carbonyl (C=O) groups is 2. The molecule has 0 aliphatic heterocycles. The fourth-order valence-electron chi connectivity index (χ4n) is 2.33. The number of Topliss-reactive ketones (excluding diaryl/α,β-unsaturated/α-hetero) is 2. The third kappa shape index (κ3) is 14.9. The summed E-state index contributed by atoms with van der Waals surface area (Å²) in [6.07, 6.45) is -21.0. The van der Waals surface area contributed by atoms with E-state index in [0.29, 0.717) is 13.8 Å². The van der Waals surface area contributed by atoms with Gasteiger partial charge in [-0.25, -0.2) is 26.3 Å². The van der Waals surface area contributed by atoms with E-state index < -0.39 is 70.8 Å². The summed E-state index contributed by atoms with van der Waals surface area (Å²) in [6, 6.07) is 0. The van der Waals surface area contributed by atoms with Crippen LogP contribution in [0.15, 0.2) is 11.1 Å². The van der Waals surface area contributed by atoms with Crippen LogP contribution in [0.4, 0.5) is 52.7 Å². The number of rotatable bonds is 6. The van der Waals surface area contributed by atoms with Gasteiger partial charge in [0.15, 0.2) is 0 Å². The van der Waals surface area contributed by atoms with Crippen molar-refractivity contribution in [1.82, 2.24) is 0 Å². The van der Waals surface area contributed by atoms with Gasteiger partial charge in [-0.2, -0.15) is 26.3 Å². The molecule has 0 saturated heterocycles. The topological polar surface area (TPSA) is 76.9 Å². The largest absolute Gasteiger partial charge is 2.00 e. The molecule has 17 heteroatoms. The number of hydrogen-bond donors (Lipinski definition) is 0. The van der Waals surface area contributed by atoms with Crippen molar-refractivity contribution in [2.75, 3.05) is 0 Å². The summed E-state index contributed by atoms with van der Waals surface area (Å²) in [7, 11) is 0. The van der Waals surface area contributed by atoms with Crippen LogP contribution in [0.3, 0.4) is 0 Å². The van der Waals surface area contributed by atoms with Gasteiger partial charge < -0.3 is 12.2 Å². The van der Waals surface area contributed by atoms with E-state index in [9.17, 15) is 62.3 Å². The van der Waals surface area contributed by atoms with Gasteiger partial charge in [-0.1, -0.05) is 0 Å². The quantitative estimate of drug-likeness (QED) is 0.133. The average molecular weight is 631 g/mol. The average Bonchev–Trinajstić information content (AvgIpc) is 2.48. The van der Waals surface area contributed by atoms with Gasteiger partial charge in [0, 0.05) is 13.8 Å². The minimum Gasteiger partial charge on any atom is -0.379 e. The molecule has 0 radical (unpaired) electrons. The van der Waals surface area contributed by atoms with E-state index in [2.05, 4.69) is 0 Å². The van der Waals surface area contributed by atoms with E-state index in [-0.39, 0.29) is 32.6 Å². The smallest absolute Gasteiger partial charge is 0.379 e. The van der Waals surface area contributed by atoms with Crippen molar-refractivity contribution in [3.63, 3.8) is 0 Å². The van der Waals surface area contributed by atoms with E-state index in [0.717, 1.165) is 13.8 Å². The second-order valence-corrected chi connectivity index (χ2v) is 6.44. The van der Waals surface area contributed by atoms with Crippen LogP contribution in [-0.4, -0.2) is 57.4 Å². The van der Waals surface area contributed by atoms with Gasteiger partial charge in [-0.15, -0.1) is 11.1 Å². The molecule has 4 nitrogen and oxygen atoms in total. The van der Waals surface area contributed by atoms with Crippen LogP contribution >= 0.6 is 0 Å². The van der Waals surface area contributed by atoms with Crippen LogP contribution in [0, 0.1) is 24.0 Å². The Morgan fingerprint density at radius 3 is 0.857 bits per heavy atom. The van der Waals surface area contributed by atoms with Crippen molar-refractivity contribution >= 4 is 23.1 Å². The summed E-state index contributed by atoms with van der Waals surface area (Å²) >= 11 is 0. The first kappa shape index (κ1) is 37.5. The maximum Gasteiger partial charge on any atom is 2.00 e. The molecular formula is C18H16F12O4Pd+2. The van der Waals surface area contributed by atoms with Gasteiger partial charge in [0.05, 0.1) is 0 Å². The summed E-state index contributed by atoms with van der Waals surface area (Å²) in [4.78, 5) is 39.5. The number of ketones is 4. The van der Waals surface area contributed by atoms with E-state index in [1.807, 2.05) is 0 Å². The molecule has 0 aromatic heterocycles. The van der Waals surface area contributed by atoms with Crippen LogP contribution in [0.2, 0.25) is 0 Å². The summed E-state index contributed by atoms with van der Waals surface area (Å²) in [5, 5.41) is 0. The Balaban J connectivity index is -0.000000569. The zero-order valence-electron chi connectivity index (χ0n) is 17.7. The third-order valence-electron chi connectivity index (χ3n) is 3.39. The number of alkyl halides is 12. The third-order valence-corrected chi connectivity index (χ3v) is 3.39. The van der Waals surface area contributed by atoms with Gasteiger partial charge in [0.1, 0.15) is 23.4 Å². The normalized spacial score (nSPS) is 15.2. The minimum absolute atomic E-state index is 0. The maximum atomic E-state index is 12.3. The number of halogens is 12. The molecule has 0 aliphatic carbocycles.